The standard InChI is InChI=1S/C19H27NO3/c1-2-6-18-17(5-1)19(15-23-18)7-9-20(10-8-19)11-13-22-16-4-3-12-21-14-16/h1-2,5-6,16H,3-4,7-15H2. The van der Waals surface area contributed by atoms with Crippen LogP contribution in [0.4, 0.5) is 0 Å². The Morgan fingerprint density at radius 3 is 2.91 bits per heavy atom. The van der Waals surface area contributed by atoms with Gasteiger partial charge in [-0.25, -0.2) is 0 Å². The highest BCUT2D eigenvalue weighted by Gasteiger charge is 2.42. The van der Waals surface area contributed by atoms with E-state index in [1.807, 2.05) is 0 Å². The average Bonchev–Trinajstić information content (AvgIpc) is 2.97. The molecule has 0 aliphatic carbocycles. The first-order valence-electron chi connectivity index (χ1n) is 9.00. The van der Waals surface area contributed by atoms with Gasteiger partial charge in [0.25, 0.3) is 0 Å². The molecule has 0 amide bonds. The summed E-state index contributed by atoms with van der Waals surface area (Å²) in [6, 6.07) is 8.57. The minimum absolute atomic E-state index is 0.255. The van der Waals surface area contributed by atoms with Crippen molar-refractivity contribution in [3.63, 3.8) is 0 Å². The van der Waals surface area contributed by atoms with Crippen LogP contribution in [0.15, 0.2) is 24.3 Å². The molecule has 1 atom stereocenters. The molecule has 4 nitrogen and oxygen atoms in total. The normalized spacial score (nSPS) is 26.9. The van der Waals surface area contributed by atoms with Gasteiger partial charge in [0.05, 0.1) is 25.9 Å². The second kappa shape index (κ2) is 6.80. The number of nitrogens with zero attached hydrogens (tertiary/aromatic N) is 1. The summed E-state index contributed by atoms with van der Waals surface area (Å²) in [7, 11) is 0. The summed E-state index contributed by atoms with van der Waals surface area (Å²) < 4.78 is 17.4. The lowest BCUT2D eigenvalue weighted by molar-refractivity contribution is -0.0558. The Kier molecular flexibility index (Phi) is 4.56. The Labute approximate surface area is 138 Å². The molecule has 1 unspecified atom stereocenters. The van der Waals surface area contributed by atoms with Crippen LogP contribution in [0.1, 0.15) is 31.2 Å². The zero-order chi connectivity index (χ0) is 15.5. The van der Waals surface area contributed by atoms with Crippen molar-refractivity contribution in [3.8, 4) is 5.75 Å². The number of ether oxygens (including phenoxy) is 3. The Morgan fingerprint density at radius 1 is 1.22 bits per heavy atom. The number of hydrogen-bond donors (Lipinski definition) is 0. The molecule has 2 fully saturated rings. The van der Waals surface area contributed by atoms with Crippen molar-refractivity contribution in [1.29, 1.82) is 0 Å². The molecule has 126 valence electrons. The van der Waals surface area contributed by atoms with Gasteiger partial charge in [0.2, 0.25) is 0 Å². The molecule has 3 heterocycles. The molecular weight excluding hydrogens is 290 g/mol. The smallest absolute Gasteiger partial charge is 0.123 e. The lowest BCUT2D eigenvalue weighted by atomic mass is 9.74. The van der Waals surface area contributed by atoms with Crippen LogP contribution in [0.25, 0.3) is 0 Å². The van der Waals surface area contributed by atoms with Gasteiger partial charge < -0.3 is 19.1 Å². The Morgan fingerprint density at radius 2 is 2.09 bits per heavy atom. The van der Waals surface area contributed by atoms with E-state index < -0.39 is 0 Å². The van der Waals surface area contributed by atoms with E-state index >= 15 is 0 Å². The molecule has 23 heavy (non-hydrogen) atoms. The summed E-state index contributed by atoms with van der Waals surface area (Å²) in [5.41, 5.74) is 1.68. The van der Waals surface area contributed by atoms with Crippen molar-refractivity contribution >= 4 is 0 Å². The van der Waals surface area contributed by atoms with Crippen molar-refractivity contribution in [1.82, 2.24) is 4.90 Å². The molecular formula is C19H27NO3. The molecule has 1 aromatic carbocycles. The first-order chi connectivity index (χ1) is 11.4. The minimum atomic E-state index is 0.255. The molecule has 3 aliphatic heterocycles. The summed E-state index contributed by atoms with van der Waals surface area (Å²) in [6.45, 7) is 6.68. The number of para-hydroxylation sites is 1. The Balaban J connectivity index is 1.25. The topological polar surface area (TPSA) is 30.9 Å². The van der Waals surface area contributed by atoms with Crippen LogP contribution in [-0.4, -0.2) is 57.1 Å². The van der Waals surface area contributed by atoms with Crippen molar-refractivity contribution in [2.24, 2.45) is 0 Å². The van der Waals surface area contributed by atoms with Gasteiger partial charge in [0, 0.05) is 24.1 Å². The van der Waals surface area contributed by atoms with Gasteiger partial charge in [0.1, 0.15) is 5.75 Å². The molecule has 0 aromatic heterocycles. The monoisotopic (exact) mass is 317 g/mol. The van der Waals surface area contributed by atoms with Crippen LogP contribution >= 0.6 is 0 Å². The summed E-state index contributed by atoms with van der Waals surface area (Å²) in [4.78, 5) is 2.54. The number of likely N-dealkylation sites (tertiary alicyclic amines) is 1. The Bertz CT molecular complexity index is 519. The maximum absolute atomic E-state index is 5.97. The number of hydrogen-bond acceptors (Lipinski definition) is 4. The van der Waals surface area contributed by atoms with Gasteiger partial charge in [-0.05, 0) is 44.8 Å². The van der Waals surface area contributed by atoms with E-state index in [4.69, 9.17) is 14.2 Å². The fourth-order valence-electron chi connectivity index (χ4n) is 4.13. The van der Waals surface area contributed by atoms with E-state index in [1.165, 1.54) is 18.4 Å². The zero-order valence-corrected chi connectivity index (χ0v) is 13.8. The molecule has 2 saturated heterocycles. The van der Waals surface area contributed by atoms with E-state index in [9.17, 15) is 0 Å². The van der Waals surface area contributed by atoms with Gasteiger partial charge in [-0.3, -0.25) is 0 Å². The summed E-state index contributed by atoms with van der Waals surface area (Å²) >= 11 is 0. The van der Waals surface area contributed by atoms with Gasteiger partial charge >= 0.3 is 0 Å². The van der Waals surface area contributed by atoms with Crippen LogP contribution in [0, 0.1) is 0 Å². The first-order valence-corrected chi connectivity index (χ1v) is 9.00. The third-order valence-electron chi connectivity index (χ3n) is 5.66. The Hall–Kier alpha value is -1.10. The fourth-order valence-corrected chi connectivity index (χ4v) is 4.13. The number of fused-ring (bicyclic) bond motifs is 2. The van der Waals surface area contributed by atoms with E-state index in [2.05, 4.69) is 29.2 Å². The zero-order valence-electron chi connectivity index (χ0n) is 13.8. The first kappa shape index (κ1) is 15.4. The molecule has 0 bridgehead atoms. The predicted octanol–water partition coefficient (Wildman–Crippen LogP) is 2.61. The maximum Gasteiger partial charge on any atom is 0.123 e. The average molecular weight is 317 g/mol. The van der Waals surface area contributed by atoms with Crippen LogP contribution in [0.2, 0.25) is 0 Å². The highest BCUT2D eigenvalue weighted by atomic mass is 16.5. The summed E-state index contributed by atoms with van der Waals surface area (Å²) in [5.74, 6) is 1.10. The van der Waals surface area contributed by atoms with Gasteiger partial charge in [-0.2, -0.15) is 0 Å². The van der Waals surface area contributed by atoms with E-state index in [-0.39, 0.29) is 5.41 Å². The SMILES string of the molecule is c1ccc2c(c1)OCC21CCN(CCOC2CCCOC2)CC1. The molecule has 1 aromatic rings. The van der Waals surface area contributed by atoms with E-state index in [1.54, 1.807) is 0 Å². The lowest BCUT2D eigenvalue weighted by Gasteiger charge is -2.38. The number of benzene rings is 1. The van der Waals surface area contributed by atoms with Crippen molar-refractivity contribution in [2.75, 3.05) is 46.1 Å². The second-order valence-electron chi connectivity index (χ2n) is 7.12. The molecule has 0 N–H and O–H groups in total. The van der Waals surface area contributed by atoms with Crippen LogP contribution in [0.5, 0.6) is 5.75 Å². The van der Waals surface area contributed by atoms with Gasteiger partial charge in [0.15, 0.2) is 0 Å². The molecule has 3 aliphatic rings. The third-order valence-corrected chi connectivity index (χ3v) is 5.66. The number of piperidine rings is 1. The minimum Gasteiger partial charge on any atom is -0.492 e. The van der Waals surface area contributed by atoms with Crippen molar-refractivity contribution in [3.05, 3.63) is 29.8 Å². The van der Waals surface area contributed by atoms with Crippen LogP contribution in [-0.2, 0) is 14.9 Å². The van der Waals surface area contributed by atoms with Crippen LogP contribution in [0.3, 0.4) is 0 Å². The quantitative estimate of drug-likeness (QED) is 0.854. The second-order valence-corrected chi connectivity index (χ2v) is 7.12. The summed E-state index contributed by atoms with van der Waals surface area (Å²) in [6.07, 6.45) is 4.98. The molecule has 0 radical (unpaired) electrons. The molecule has 4 heteroatoms. The molecule has 1 spiro atoms. The third kappa shape index (κ3) is 3.25. The van der Waals surface area contributed by atoms with Crippen molar-refractivity contribution < 1.29 is 14.2 Å². The molecule has 4 rings (SSSR count). The predicted molar refractivity (Wildman–Crippen MR) is 89.1 cm³/mol. The highest BCUT2D eigenvalue weighted by molar-refractivity contribution is 5.43. The van der Waals surface area contributed by atoms with E-state index in [0.29, 0.717) is 6.10 Å². The van der Waals surface area contributed by atoms with Crippen LogP contribution < -0.4 is 4.74 Å². The fraction of sp³-hybridized carbons (Fsp3) is 0.684. The lowest BCUT2D eigenvalue weighted by Crippen LogP contribution is -2.44. The van der Waals surface area contributed by atoms with E-state index in [0.717, 1.165) is 64.7 Å². The summed E-state index contributed by atoms with van der Waals surface area (Å²) in [5, 5.41) is 0. The van der Waals surface area contributed by atoms with Gasteiger partial charge in [-0.15, -0.1) is 0 Å². The highest BCUT2D eigenvalue weighted by Crippen LogP contribution is 2.45. The van der Waals surface area contributed by atoms with Gasteiger partial charge in [-0.1, -0.05) is 18.2 Å². The van der Waals surface area contributed by atoms with Crippen molar-refractivity contribution in [2.45, 2.75) is 37.2 Å². The maximum atomic E-state index is 5.97. The molecule has 0 saturated carbocycles. The largest absolute Gasteiger partial charge is 0.492 e. The number of rotatable bonds is 4.